The van der Waals surface area contributed by atoms with Gasteiger partial charge in [-0.15, -0.1) is 0 Å². The molecule has 0 saturated carbocycles. The second-order valence-electron chi connectivity index (χ2n) is 4.14. The molecule has 0 saturated heterocycles. The van der Waals surface area contributed by atoms with Gasteiger partial charge in [-0.3, -0.25) is 4.57 Å². The van der Waals surface area contributed by atoms with Crippen LogP contribution in [0.5, 0.6) is 0 Å². The first-order valence-corrected chi connectivity index (χ1v) is 5.79. The van der Waals surface area contributed by atoms with E-state index < -0.39 is 0 Å². The highest BCUT2D eigenvalue weighted by Crippen LogP contribution is 2.07. The molecule has 1 atom stereocenters. The molecule has 5 nitrogen and oxygen atoms in total. The lowest BCUT2D eigenvalue weighted by molar-refractivity contribution is 0.728. The zero-order chi connectivity index (χ0) is 12.3. The maximum absolute atomic E-state index is 5.73. The number of hydrogen-bond acceptors (Lipinski definition) is 4. The second kappa shape index (κ2) is 5.05. The molecule has 0 radical (unpaired) electrons. The summed E-state index contributed by atoms with van der Waals surface area (Å²) in [6, 6.07) is 0.129. The Kier molecular flexibility index (Phi) is 3.49. The van der Waals surface area contributed by atoms with Crippen molar-refractivity contribution in [2.75, 3.05) is 0 Å². The summed E-state index contributed by atoms with van der Waals surface area (Å²) >= 11 is 0. The topological polar surface area (TPSA) is 69.6 Å². The van der Waals surface area contributed by atoms with E-state index >= 15 is 0 Å². The zero-order valence-corrected chi connectivity index (χ0v) is 10.2. The van der Waals surface area contributed by atoms with Crippen LogP contribution in [0.25, 0.3) is 5.95 Å². The molecule has 0 aliphatic heterocycles. The number of rotatable bonds is 4. The van der Waals surface area contributed by atoms with Gasteiger partial charge in [-0.05, 0) is 18.9 Å². The molecule has 0 aliphatic carbocycles. The van der Waals surface area contributed by atoms with Gasteiger partial charge in [0.05, 0.1) is 0 Å². The molecular weight excluding hydrogens is 214 g/mol. The minimum Gasteiger partial charge on any atom is -0.328 e. The Morgan fingerprint density at radius 3 is 2.59 bits per heavy atom. The highest BCUT2D eigenvalue weighted by Gasteiger charge is 2.06. The van der Waals surface area contributed by atoms with Crippen LogP contribution in [0, 0.1) is 0 Å². The van der Waals surface area contributed by atoms with Crippen LogP contribution in [0.4, 0.5) is 0 Å². The molecule has 5 heteroatoms. The zero-order valence-electron chi connectivity index (χ0n) is 10.2. The molecule has 2 aromatic heterocycles. The van der Waals surface area contributed by atoms with E-state index in [2.05, 4.69) is 21.9 Å². The number of imidazole rings is 1. The van der Waals surface area contributed by atoms with Gasteiger partial charge >= 0.3 is 0 Å². The summed E-state index contributed by atoms with van der Waals surface area (Å²) in [5, 5.41) is 0. The van der Waals surface area contributed by atoms with Crippen molar-refractivity contribution in [1.82, 2.24) is 19.5 Å². The minimum atomic E-state index is 0.129. The summed E-state index contributed by atoms with van der Waals surface area (Å²) in [4.78, 5) is 12.9. The van der Waals surface area contributed by atoms with Gasteiger partial charge in [0.15, 0.2) is 0 Å². The van der Waals surface area contributed by atoms with Gasteiger partial charge < -0.3 is 5.73 Å². The third-order valence-electron chi connectivity index (χ3n) is 2.50. The number of aryl methyl sites for hydroxylation is 1. The van der Waals surface area contributed by atoms with Crippen LogP contribution < -0.4 is 5.73 Å². The van der Waals surface area contributed by atoms with E-state index in [-0.39, 0.29) is 6.04 Å². The van der Waals surface area contributed by atoms with Gasteiger partial charge in [0.25, 0.3) is 0 Å². The highest BCUT2D eigenvalue weighted by atomic mass is 15.2. The molecule has 2 N–H and O–H groups in total. The molecule has 1 unspecified atom stereocenters. The molecule has 2 aromatic rings. The van der Waals surface area contributed by atoms with Crippen LogP contribution in [0.1, 0.15) is 25.2 Å². The first kappa shape index (κ1) is 11.7. The molecule has 90 valence electrons. The van der Waals surface area contributed by atoms with Gasteiger partial charge in [0, 0.05) is 37.3 Å². The Hall–Kier alpha value is -1.75. The van der Waals surface area contributed by atoms with Crippen molar-refractivity contribution in [2.24, 2.45) is 5.73 Å². The van der Waals surface area contributed by atoms with Crippen LogP contribution in [0.2, 0.25) is 0 Å². The Balaban J connectivity index is 2.23. The molecule has 0 amide bonds. The lowest BCUT2D eigenvalue weighted by atomic mass is 10.1. The molecule has 0 bridgehead atoms. The fourth-order valence-corrected chi connectivity index (χ4v) is 1.73. The van der Waals surface area contributed by atoms with Gasteiger partial charge in [-0.1, -0.05) is 6.92 Å². The van der Waals surface area contributed by atoms with E-state index in [1.807, 2.05) is 30.1 Å². The Morgan fingerprint density at radius 2 is 2.00 bits per heavy atom. The van der Waals surface area contributed by atoms with Crippen LogP contribution in [0.3, 0.4) is 0 Å². The average Bonchev–Trinajstić information content (AvgIpc) is 2.77. The Labute approximate surface area is 101 Å². The summed E-state index contributed by atoms with van der Waals surface area (Å²) in [7, 11) is 0. The molecular formula is C12H17N5. The van der Waals surface area contributed by atoms with Crippen LogP contribution in [-0.4, -0.2) is 25.6 Å². The predicted molar refractivity (Wildman–Crippen MR) is 65.9 cm³/mol. The third kappa shape index (κ3) is 2.68. The van der Waals surface area contributed by atoms with E-state index in [0.29, 0.717) is 5.95 Å². The quantitative estimate of drug-likeness (QED) is 0.856. The maximum Gasteiger partial charge on any atom is 0.235 e. The van der Waals surface area contributed by atoms with Crippen LogP contribution >= 0.6 is 0 Å². The van der Waals surface area contributed by atoms with Gasteiger partial charge in [0.2, 0.25) is 5.95 Å². The molecule has 0 spiro atoms. The van der Waals surface area contributed by atoms with E-state index in [1.165, 1.54) is 0 Å². The largest absolute Gasteiger partial charge is 0.328 e. The first-order valence-electron chi connectivity index (χ1n) is 5.79. The summed E-state index contributed by atoms with van der Waals surface area (Å²) in [6.07, 6.45) is 8.94. The van der Waals surface area contributed by atoms with Gasteiger partial charge in [0.1, 0.15) is 5.82 Å². The smallest absolute Gasteiger partial charge is 0.235 e. The number of nitrogens with two attached hydrogens (primary N) is 1. The van der Waals surface area contributed by atoms with Crippen molar-refractivity contribution >= 4 is 0 Å². The molecule has 2 rings (SSSR count). The normalized spacial score (nSPS) is 12.6. The van der Waals surface area contributed by atoms with Crippen molar-refractivity contribution in [3.63, 3.8) is 0 Å². The van der Waals surface area contributed by atoms with Crippen molar-refractivity contribution in [3.8, 4) is 5.95 Å². The van der Waals surface area contributed by atoms with Crippen LogP contribution in [0.15, 0.2) is 24.8 Å². The third-order valence-corrected chi connectivity index (χ3v) is 2.50. The number of nitrogens with zero attached hydrogens (tertiary/aromatic N) is 4. The van der Waals surface area contributed by atoms with Gasteiger partial charge in [-0.25, -0.2) is 15.0 Å². The Bertz CT molecular complexity index is 472. The summed E-state index contributed by atoms with van der Waals surface area (Å²) < 4.78 is 1.90. The molecule has 2 heterocycles. The molecule has 17 heavy (non-hydrogen) atoms. The Morgan fingerprint density at radius 1 is 1.29 bits per heavy atom. The minimum absolute atomic E-state index is 0.129. The lowest BCUT2D eigenvalue weighted by Gasteiger charge is -2.07. The second-order valence-corrected chi connectivity index (χ2v) is 4.14. The SMILES string of the molecule is CCc1nccn1-c1ncc(CC(C)N)cn1. The standard InChI is InChI=1S/C12H17N5/c1-3-11-14-4-5-17(11)12-15-7-10(8-16-12)6-9(2)13/h4-5,7-9H,3,6,13H2,1-2H3. The van der Waals surface area contributed by atoms with Crippen molar-refractivity contribution in [1.29, 1.82) is 0 Å². The predicted octanol–water partition coefficient (Wildman–Crippen LogP) is 1.11. The maximum atomic E-state index is 5.73. The highest BCUT2D eigenvalue weighted by molar-refractivity contribution is 5.18. The van der Waals surface area contributed by atoms with E-state index in [4.69, 9.17) is 5.73 Å². The fourth-order valence-electron chi connectivity index (χ4n) is 1.73. The first-order chi connectivity index (χ1) is 8.20. The van der Waals surface area contributed by atoms with Crippen molar-refractivity contribution in [3.05, 3.63) is 36.2 Å². The van der Waals surface area contributed by atoms with Crippen molar-refractivity contribution in [2.45, 2.75) is 32.7 Å². The fraction of sp³-hybridized carbons (Fsp3) is 0.417. The lowest BCUT2D eigenvalue weighted by Crippen LogP contribution is -2.18. The summed E-state index contributed by atoms with van der Waals surface area (Å²) in [6.45, 7) is 4.03. The van der Waals surface area contributed by atoms with Gasteiger partial charge in [-0.2, -0.15) is 0 Å². The monoisotopic (exact) mass is 231 g/mol. The average molecular weight is 231 g/mol. The molecule has 0 fully saturated rings. The summed E-state index contributed by atoms with van der Waals surface area (Å²) in [5.74, 6) is 1.62. The summed E-state index contributed by atoms with van der Waals surface area (Å²) in [5.41, 5.74) is 6.79. The molecule has 0 aromatic carbocycles. The van der Waals surface area contributed by atoms with E-state index in [9.17, 15) is 0 Å². The number of hydrogen-bond donors (Lipinski definition) is 1. The number of aromatic nitrogens is 4. The molecule has 0 aliphatic rings. The van der Waals surface area contributed by atoms with E-state index in [1.54, 1.807) is 6.20 Å². The van der Waals surface area contributed by atoms with Crippen LogP contribution in [-0.2, 0) is 12.8 Å². The van der Waals surface area contributed by atoms with Crippen molar-refractivity contribution < 1.29 is 0 Å². The van der Waals surface area contributed by atoms with E-state index in [0.717, 1.165) is 24.2 Å².